The number of piperidine rings is 1. The van der Waals surface area contributed by atoms with E-state index in [1.165, 1.54) is 29.5 Å². The van der Waals surface area contributed by atoms with Crippen LogP contribution < -0.4 is 14.8 Å². The lowest BCUT2D eigenvalue weighted by Gasteiger charge is -2.47. The molecule has 0 amide bonds. The largest absolute Gasteiger partial charge is 0.486 e. The van der Waals surface area contributed by atoms with Gasteiger partial charge in [-0.05, 0) is 49.0 Å². The molecule has 172 valence electrons. The normalized spacial score (nSPS) is 22.9. The van der Waals surface area contributed by atoms with Gasteiger partial charge in [-0.3, -0.25) is 9.80 Å². The molecule has 1 N–H and O–H groups in total. The number of nitrogens with one attached hydrogen (secondary N) is 1. The molecule has 0 spiro atoms. The van der Waals surface area contributed by atoms with Gasteiger partial charge >= 0.3 is 0 Å². The number of hydrogen-bond donors (Lipinski definition) is 1. The Balaban J connectivity index is 1.41. The molecule has 0 unspecified atom stereocenters. The van der Waals surface area contributed by atoms with Crippen molar-refractivity contribution >= 4 is 0 Å². The molecule has 3 heterocycles. The van der Waals surface area contributed by atoms with Crippen LogP contribution in [0.25, 0.3) is 0 Å². The molecule has 1 atom stereocenters. The van der Waals surface area contributed by atoms with Crippen LogP contribution in [0.15, 0.2) is 42.5 Å². The highest BCUT2D eigenvalue weighted by molar-refractivity contribution is 5.47. The van der Waals surface area contributed by atoms with Crippen LogP contribution in [0.1, 0.15) is 55.3 Å². The number of fused-ring (bicyclic) bond motifs is 1. The molecule has 2 aromatic carbocycles. The van der Waals surface area contributed by atoms with Crippen molar-refractivity contribution in [3.8, 4) is 11.5 Å². The van der Waals surface area contributed by atoms with Crippen LogP contribution in [0.4, 0.5) is 0 Å². The molecule has 3 aliphatic heterocycles. The average Bonchev–Trinajstić information content (AvgIpc) is 2.85. The van der Waals surface area contributed by atoms with Crippen LogP contribution in [0, 0.1) is 0 Å². The summed E-state index contributed by atoms with van der Waals surface area (Å²) in [6, 6.07) is 16.5. The number of benzene rings is 2. The van der Waals surface area contributed by atoms with Crippen LogP contribution in [0.5, 0.6) is 11.5 Å². The van der Waals surface area contributed by atoms with E-state index in [-0.39, 0.29) is 0 Å². The number of para-hydroxylation sites is 1. The van der Waals surface area contributed by atoms with E-state index in [9.17, 15) is 0 Å². The summed E-state index contributed by atoms with van der Waals surface area (Å²) < 4.78 is 11.8. The second kappa shape index (κ2) is 9.82. The quantitative estimate of drug-likeness (QED) is 0.762. The van der Waals surface area contributed by atoms with Crippen LogP contribution in [0.3, 0.4) is 0 Å². The van der Waals surface area contributed by atoms with Crippen molar-refractivity contribution in [3.05, 3.63) is 59.2 Å². The molecule has 5 rings (SSSR count). The smallest absolute Gasteiger partial charge is 0.165 e. The van der Waals surface area contributed by atoms with Crippen molar-refractivity contribution in [1.82, 2.24) is 15.1 Å². The first-order valence-electron chi connectivity index (χ1n) is 12.4. The molecule has 0 bridgehead atoms. The van der Waals surface area contributed by atoms with Gasteiger partial charge < -0.3 is 14.8 Å². The highest BCUT2D eigenvalue weighted by Gasteiger charge is 2.35. The number of nitrogens with zero attached hydrogens (tertiary/aromatic N) is 2. The zero-order valence-electron chi connectivity index (χ0n) is 19.6. The monoisotopic (exact) mass is 435 g/mol. The van der Waals surface area contributed by atoms with Gasteiger partial charge in [0, 0.05) is 43.8 Å². The molecule has 5 nitrogen and oxygen atoms in total. The minimum Gasteiger partial charge on any atom is -0.486 e. The Hall–Kier alpha value is -2.08. The molecular weight excluding hydrogens is 398 g/mol. The van der Waals surface area contributed by atoms with Gasteiger partial charge in [-0.1, -0.05) is 50.2 Å². The van der Waals surface area contributed by atoms with Crippen molar-refractivity contribution < 1.29 is 9.47 Å². The maximum absolute atomic E-state index is 6.01. The Morgan fingerprint density at radius 2 is 1.78 bits per heavy atom. The molecule has 2 aromatic rings. The van der Waals surface area contributed by atoms with Gasteiger partial charge in [-0.2, -0.15) is 0 Å². The molecular formula is C27H37N3O2. The van der Waals surface area contributed by atoms with Gasteiger partial charge in [0.2, 0.25) is 0 Å². The first-order chi connectivity index (χ1) is 15.7. The van der Waals surface area contributed by atoms with E-state index in [1.807, 2.05) is 6.07 Å². The van der Waals surface area contributed by atoms with Crippen LogP contribution in [-0.2, 0) is 6.54 Å². The second-order valence-corrected chi connectivity index (χ2v) is 9.69. The Morgan fingerprint density at radius 3 is 2.62 bits per heavy atom. The first-order valence-corrected chi connectivity index (χ1v) is 12.4. The third kappa shape index (κ3) is 4.52. The molecule has 5 heteroatoms. The summed E-state index contributed by atoms with van der Waals surface area (Å²) >= 11 is 0. The maximum atomic E-state index is 6.01. The van der Waals surface area contributed by atoms with Gasteiger partial charge in [-0.25, -0.2) is 0 Å². The van der Waals surface area contributed by atoms with E-state index in [1.54, 1.807) is 0 Å². The van der Waals surface area contributed by atoms with Gasteiger partial charge in [0.15, 0.2) is 11.5 Å². The third-order valence-electron chi connectivity index (χ3n) is 7.30. The van der Waals surface area contributed by atoms with Crippen molar-refractivity contribution in [2.24, 2.45) is 0 Å². The lowest BCUT2D eigenvalue weighted by atomic mass is 9.89. The summed E-state index contributed by atoms with van der Waals surface area (Å²) in [6.45, 7) is 12.4. The van der Waals surface area contributed by atoms with E-state index < -0.39 is 0 Å². The van der Waals surface area contributed by atoms with Crippen molar-refractivity contribution in [2.45, 2.75) is 51.2 Å². The van der Waals surface area contributed by atoms with E-state index in [0.717, 1.165) is 50.8 Å². The second-order valence-electron chi connectivity index (χ2n) is 9.69. The summed E-state index contributed by atoms with van der Waals surface area (Å²) in [5, 5.41) is 3.55. The fraction of sp³-hybridized carbons (Fsp3) is 0.556. The van der Waals surface area contributed by atoms with Gasteiger partial charge in [-0.15, -0.1) is 0 Å². The number of rotatable bonds is 5. The number of hydrogen-bond acceptors (Lipinski definition) is 5. The first kappa shape index (κ1) is 21.7. The van der Waals surface area contributed by atoms with Crippen LogP contribution in [0.2, 0.25) is 0 Å². The van der Waals surface area contributed by atoms with Gasteiger partial charge in [0.05, 0.1) is 0 Å². The standard InChI is InChI=1S/C27H37N3O2/c1-20(2)23-7-3-4-8-24(23)25-19-29(14-15-30(25)22-10-12-28-13-11-22)18-21-6-5-9-26-27(21)32-17-16-31-26/h3-9,20,22,25,28H,10-19H2,1-2H3/t25-/m0/s1. The van der Waals surface area contributed by atoms with Crippen molar-refractivity contribution in [1.29, 1.82) is 0 Å². The molecule has 0 aliphatic carbocycles. The van der Waals surface area contributed by atoms with Crippen LogP contribution in [-0.4, -0.2) is 61.8 Å². The SMILES string of the molecule is CC(C)c1ccccc1[C@@H]1CN(Cc2cccc3c2OCCO3)CCN1C1CCNCC1. The van der Waals surface area contributed by atoms with Crippen molar-refractivity contribution in [3.63, 3.8) is 0 Å². The Morgan fingerprint density at radius 1 is 0.969 bits per heavy atom. The molecule has 3 aliphatic rings. The van der Waals surface area contributed by atoms with Gasteiger partial charge in [0.25, 0.3) is 0 Å². The maximum Gasteiger partial charge on any atom is 0.165 e. The predicted molar refractivity (Wildman–Crippen MR) is 129 cm³/mol. The molecule has 0 aromatic heterocycles. The third-order valence-corrected chi connectivity index (χ3v) is 7.30. The van der Waals surface area contributed by atoms with E-state index >= 15 is 0 Å². The lowest BCUT2D eigenvalue weighted by Crippen LogP contribution is -2.54. The number of piperazine rings is 1. The highest BCUT2D eigenvalue weighted by atomic mass is 16.6. The molecule has 0 saturated carbocycles. The Labute approximate surface area is 192 Å². The van der Waals surface area contributed by atoms with E-state index in [2.05, 4.69) is 65.4 Å². The van der Waals surface area contributed by atoms with Crippen LogP contribution >= 0.6 is 0 Å². The minimum absolute atomic E-state index is 0.433. The zero-order valence-corrected chi connectivity index (χ0v) is 19.6. The van der Waals surface area contributed by atoms with Crippen molar-refractivity contribution in [2.75, 3.05) is 45.9 Å². The topological polar surface area (TPSA) is 37.0 Å². The molecule has 32 heavy (non-hydrogen) atoms. The summed E-state index contributed by atoms with van der Waals surface area (Å²) in [6.07, 6.45) is 2.50. The lowest BCUT2D eigenvalue weighted by molar-refractivity contribution is 0.0245. The summed E-state index contributed by atoms with van der Waals surface area (Å²) in [7, 11) is 0. The van der Waals surface area contributed by atoms with Gasteiger partial charge in [0.1, 0.15) is 13.2 Å². The molecule has 0 radical (unpaired) electrons. The van der Waals surface area contributed by atoms with E-state index in [0.29, 0.717) is 31.2 Å². The Kier molecular flexibility index (Phi) is 6.67. The Bertz CT molecular complexity index is 910. The molecule has 2 saturated heterocycles. The fourth-order valence-electron chi connectivity index (χ4n) is 5.69. The zero-order chi connectivity index (χ0) is 21.9. The fourth-order valence-corrected chi connectivity index (χ4v) is 5.69. The number of ether oxygens (including phenoxy) is 2. The van der Waals surface area contributed by atoms with E-state index in [4.69, 9.17) is 9.47 Å². The summed E-state index contributed by atoms with van der Waals surface area (Å²) in [4.78, 5) is 5.44. The summed E-state index contributed by atoms with van der Waals surface area (Å²) in [5.74, 6) is 2.37. The highest BCUT2D eigenvalue weighted by Crippen LogP contribution is 2.37. The molecule has 2 fully saturated rings. The minimum atomic E-state index is 0.433. The predicted octanol–water partition coefficient (Wildman–Crippen LogP) is 4.19. The summed E-state index contributed by atoms with van der Waals surface area (Å²) in [5.41, 5.74) is 4.25. The average molecular weight is 436 g/mol.